The number of carbonyl (C=O) groups excluding carboxylic acids is 1. The fraction of sp³-hybridized carbons (Fsp3) is 0. The molecule has 3 aromatic carbocycles. The fourth-order valence-corrected chi connectivity index (χ4v) is 3.10. The van der Waals surface area contributed by atoms with E-state index in [1.807, 2.05) is 91.0 Å². The number of amides is 1. The lowest BCUT2D eigenvalue weighted by Crippen LogP contribution is -2.43. The van der Waals surface area contributed by atoms with Gasteiger partial charge in [0.1, 0.15) is 0 Å². The van der Waals surface area contributed by atoms with Gasteiger partial charge in [-0.05, 0) is 42.5 Å². The molecule has 4 rings (SSSR count). The molecule has 0 atom stereocenters. The molecular weight excluding hydrogens is 394 g/mol. The van der Waals surface area contributed by atoms with E-state index in [0.29, 0.717) is 0 Å². The molecule has 1 amide bonds. The number of aromatic nitrogens is 2. The van der Waals surface area contributed by atoms with Crippen LogP contribution in [-0.2, 0) is 0 Å². The Morgan fingerprint density at radius 2 is 1.40 bits per heavy atom. The standard InChI is InChI=1S/C23H19N5OS/c29-22(25-26-23(30)24-18-12-6-2-7-13-18)20-16-21(17-10-4-1-5-11-17)28(27-20)19-14-8-3-9-15-19/h1-16H,(H,25,29)(H2,24,26,30). The van der Waals surface area contributed by atoms with Gasteiger partial charge in [-0.1, -0.05) is 66.7 Å². The lowest BCUT2D eigenvalue weighted by Gasteiger charge is -2.10. The number of para-hydroxylation sites is 2. The number of benzene rings is 3. The van der Waals surface area contributed by atoms with E-state index < -0.39 is 0 Å². The minimum absolute atomic E-state index is 0.271. The third-order valence-corrected chi connectivity index (χ3v) is 4.54. The number of hydrogen-bond acceptors (Lipinski definition) is 3. The van der Waals surface area contributed by atoms with Crippen molar-refractivity contribution in [1.29, 1.82) is 0 Å². The number of anilines is 1. The second-order valence-electron chi connectivity index (χ2n) is 6.43. The van der Waals surface area contributed by atoms with Gasteiger partial charge < -0.3 is 5.32 Å². The largest absolute Gasteiger partial charge is 0.331 e. The normalized spacial score (nSPS) is 10.3. The molecule has 1 aromatic heterocycles. The molecule has 0 aliphatic carbocycles. The predicted octanol–water partition coefficient (Wildman–Crippen LogP) is 4.17. The highest BCUT2D eigenvalue weighted by Gasteiger charge is 2.16. The first-order valence-electron chi connectivity index (χ1n) is 9.34. The summed E-state index contributed by atoms with van der Waals surface area (Å²) < 4.78 is 1.75. The molecule has 0 aliphatic heterocycles. The molecule has 0 saturated carbocycles. The average Bonchev–Trinajstić information content (AvgIpc) is 3.25. The van der Waals surface area contributed by atoms with Gasteiger partial charge in [0, 0.05) is 11.3 Å². The van der Waals surface area contributed by atoms with E-state index in [1.165, 1.54) is 0 Å². The van der Waals surface area contributed by atoms with E-state index in [0.717, 1.165) is 22.6 Å². The predicted molar refractivity (Wildman–Crippen MR) is 122 cm³/mol. The zero-order valence-electron chi connectivity index (χ0n) is 15.9. The highest BCUT2D eigenvalue weighted by Crippen LogP contribution is 2.23. The molecule has 30 heavy (non-hydrogen) atoms. The molecule has 6 nitrogen and oxygen atoms in total. The van der Waals surface area contributed by atoms with Gasteiger partial charge in [-0.2, -0.15) is 5.10 Å². The SMILES string of the molecule is O=C(NNC(=S)Nc1ccccc1)c1cc(-c2ccccc2)n(-c2ccccc2)n1. The lowest BCUT2D eigenvalue weighted by molar-refractivity contribution is 0.0938. The van der Waals surface area contributed by atoms with E-state index in [1.54, 1.807) is 10.7 Å². The molecule has 0 bridgehead atoms. The Bertz CT molecular complexity index is 1090. The maximum absolute atomic E-state index is 12.7. The summed E-state index contributed by atoms with van der Waals surface area (Å²) in [6.45, 7) is 0. The first kappa shape index (κ1) is 19.4. The Labute approximate surface area is 179 Å². The second-order valence-corrected chi connectivity index (χ2v) is 6.84. The highest BCUT2D eigenvalue weighted by molar-refractivity contribution is 7.80. The third-order valence-electron chi connectivity index (χ3n) is 4.33. The van der Waals surface area contributed by atoms with Crippen molar-refractivity contribution in [2.24, 2.45) is 0 Å². The molecule has 0 saturated heterocycles. The Kier molecular flexibility index (Phi) is 5.82. The van der Waals surface area contributed by atoms with Gasteiger partial charge in [0.25, 0.3) is 5.91 Å². The molecule has 0 unspecified atom stereocenters. The van der Waals surface area contributed by atoms with E-state index in [-0.39, 0.29) is 16.7 Å². The molecule has 4 aromatic rings. The smallest absolute Gasteiger partial charge is 0.290 e. The van der Waals surface area contributed by atoms with Crippen LogP contribution in [0.15, 0.2) is 97.1 Å². The van der Waals surface area contributed by atoms with Gasteiger partial charge in [-0.15, -0.1) is 0 Å². The first-order valence-corrected chi connectivity index (χ1v) is 9.75. The second kappa shape index (κ2) is 9.02. The maximum atomic E-state index is 12.7. The quantitative estimate of drug-likeness (QED) is 0.346. The van der Waals surface area contributed by atoms with Crippen LogP contribution < -0.4 is 16.2 Å². The van der Waals surface area contributed by atoms with E-state index >= 15 is 0 Å². The van der Waals surface area contributed by atoms with Gasteiger partial charge in [0.2, 0.25) is 0 Å². The van der Waals surface area contributed by atoms with Gasteiger partial charge in [-0.3, -0.25) is 15.6 Å². The number of nitrogens with one attached hydrogen (secondary N) is 3. The van der Waals surface area contributed by atoms with Crippen molar-refractivity contribution in [3.8, 4) is 16.9 Å². The van der Waals surface area contributed by atoms with Gasteiger partial charge >= 0.3 is 0 Å². The van der Waals surface area contributed by atoms with Crippen molar-refractivity contribution in [2.75, 3.05) is 5.32 Å². The minimum atomic E-state index is -0.390. The van der Waals surface area contributed by atoms with Crippen LogP contribution in [0.3, 0.4) is 0 Å². The summed E-state index contributed by atoms with van der Waals surface area (Å²) in [6.07, 6.45) is 0. The van der Waals surface area contributed by atoms with Crippen molar-refractivity contribution < 1.29 is 4.79 Å². The minimum Gasteiger partial charge on any atom is -0.331 e. The van der Waals surface area contributed by atoms with Crippen LogP contribution in [0.5, 0.6) is 0 Å². The van der Waals surface area contributed by atoms with Gasteiger partial charge in [0.05, 0.1) is 11.4 Å². The van der Waals surface area contributed by atoms with Gasteiger partial charge in [0.15, 0.2) is 10.8 Å². The van der Waals surface area contributed by atoms with Crippen LogP contribution in [-0.4, -0.2) is 20.8 Å². The summed E-state index contributed by atoms with van der Waals surface area (Å²) >= 11 is 5.23. The Balaban J connectivity index is 1.53. The van der Waals surface area contributed by atoms with Crippen LogP contribution in [0.4, 0.5) is 5.69 Å². The molecule has 3 N–H and O–H groups in total. The molecule has 0 spiro atoms. The van der Waals surface area contributed by atoms with Crippen molar-refractivity contribution in [3.63, 3.8) is 0 Å². The van der Waals surface area contributed by atoms with Crippen LogP contribution in [0, 0.1) is 0 Å². The molecule has 0 radical (unpaired) electrons. The van der Waals surface area contributed by atoms with Crippen LogP contribution in [0.1, 0.15) is 10.5 Å². The number of thiocarbonyl (C=S) groups is 1. The molecular formula is C23H19N5OS. The highest BCUT2D eigenvalue weighted by atomic mass is 32.1. The number of hydrogen-bond donors (Lipinski definition) is 3. The van der Waals surface area contributed by atoms with Crippen molar-refractivity contribution >= 4 is 28.9 Å². The number of hydrazine groups is 1. The third kappa shape index (κ3) is 4.53. The topological polar surface area (TPSA) is 71.0 Å². The van der Waals surface area contributed by atoms with E-state index in [4.69, 9.17) is 12.2 Å². The summed E-state index contributed by atoms with van der Waals surface area (Å²) in [4.78, 5) is 12.7. The monoisotopic (exact) mass is 413 g/mol. The molecule has 7 heteroatoms. The number of rotatable bonds is 4. The number of nitrogens with zero attached hydrogens (tertiary/aromatic N) is 2. The summed E-state index contributed by atoms with van der Waals surface area (Å²) in [5.74, 6) is -0.390. The summed E-state index contributed by atoms with van der Waals surface area (Å²) in [5, 5.41) is 7.79. The van der Waals surface area contributed by atoms with Crippen LogP contribution >= 0.6 is 12.2 Å². The number of carbonyl (C=O) groups is 1. The first-order chi connectivity index (χ1) is 14.7. The summed E-state index contributed by atoms with van der Waals surface area (Å²) in [6, 6.07) is 30.7. The molecule has 0 aliphatic rings. The zero-order valence-corrected chi connectivity index (χ0v) is 16.8. The summed E-state index contributed by atoms with van der Waals surface area (Å²) in [7, 11) is 0. The van der Waals surface area contributed by atoms with Gasteiger partial charge in [-0.25, -0.2) is 4.68 Å². The lowest BCUT2D eigenvalue weighted by atomic mass is 10.1. The Morgan fingerprint density at radius 3 is 2.07 bits per heavy atom. The van der Waals surface area contributed by atoms with Crippen LogP contribution in [0.2, 0.25) is 0 Å². The average molecular weight is 414 g/mol. The van der Waals surface area contributed by atoms with E-state index in [2.05, 4.69) is 21.3 Å². The fourth-order valence-electron chi connectivity index (χ4n) is 2.93. The van der Waals surface area contributed by atoms with Crippen molar-refractivity contribution in [2.45, 2.75) is 0 Å². The molecule has 1 heterocycles. The Morgan fingerprint density at radius 1 is 0.800 bits per heavy atom. The van der Waals surface area contributed by atoms with E-state index in [9.17, 15) is 4.79 Å². The van der Waals surface area contributed by atoms with Crippen molar-refractivity contribution in [3.05, 3.63) is 103 Å². The zero-order chi connectivity index (χ0) is 20.8. The summed E-state index contributed by atoms with van der Waals surface area (Å²) in [5.41, 5.74) is 9.04. The van der Waals surface area contributed by atoms with Crippen molar-refractivity contribution in [1.82, 2.24) is 20.6 Å². The molecule has 148 valence electrons. The Hall–Kier alpha value is -3.97. The maximum Gasteiger partial charge on any atom is 0.290 e. The molecule has 0 fully saturated rings. The van der Waals surface area contributed by atoms with Crippen LogP contribution in [0.25, 0.3) is 16.9 Å².